The second-order valence-corrected chi connectivity index (χ2v) is 26.4. The van der Waals surface area contributed by atoms with Crippen LogP contribution in [0.2, 0.25) is 0 Å². The van der Waals surface area contributed by atoms with Gasteiger partial charge in [-0.2, -0.15) is 0 Å². The fourth-order valence-corrected chi connectivity index (χ4v) is 12.0. The van der Waals surface area contributed by atoms with Crippen molar-refractivity contribution in [2.45, 2.75) is 424 Å². The lowest BCUT2D eigenvalue weighted by molar-refractivity contribution is -0.161. The van der Waals surface area contributed by atoms with Crippen molar-refractivity contribution in [3.05, 3.63) is 72.9 Å². The van der Waals surface area contributed by atoms with Crippen molar-refractivity contribution >= 4 is 11.9 Å². The van der Waals surface area contributed by atoms with Crippen LogP contribution in [0.1, 0.15) is 418 Å². The third kappa shape index (κ3) is 75.7. The molecule has 0 bridgehead atoms. The smallest absolute Gasteiger partial charge is 0.306 e. The summed E-state index contributed by atoms with van der Waals surface area (Å²) in [6.45, 7) is 4.09. The molecule has 1 atom stereocenters. The molecule has 0 spiro atoms. The molecule has 0 aromatic heterocycles. The molecular weight excluding hydrogens is 1060 g/mol. The molecule has 0 radical (unpaired) electrons. The van der Waals surface area contributed by atoms with Crippen LogP contribution < -0.4 is 0 Å². The molecular formula is C82H150O5. The second-order valence-electron chi connectivity index (χ2n) is 26.4. The molecule has 5 heteroatoms. The minimum absolute atomic E-state index is 0.0597. The molecule has 87 heavy (non-hydrogen) atoms. The Morgan fingerprint density at radius 1 is 0.276 bits per heavy atom. The predicted octanol–water partition coefficient (Wildman–Crippen LogP) is 27.4. The Kier molecular flexibility index (Phi) is 75.2. The Hall–Kier alpha value is -2.66. The number of ether oxygens (including phenoxy) is 2. The number of allylic oxidation sites excluding steroid dienone is 12. The summed E-state index contributed by atoms with van der Waals surface area (Å²) >= 11 is 0. The first-order valence-electron chi connectivity index (χ1n) is 39.0. The average Bonchev–Trinajstić information content (AvgIpc) is 3.53. The van der Waals surface area contributed by atoms with Crippen molar-refractivity contribution in [1.29, 1.82) is 0 Å². The zero-order valence-electron chi connectivity index (χ0n) is 58.5. The quantitative estimate of drug-likeness (QED) is 0.0373. The first-order valence-corrected chi connectivity index (χ1v) is 39.0. The molecule has 0 aromatic rings. The fraction of sp³-hybridized carbons (Fsp3) is 0.829. The minimum Gasteiger partial charge on any atom is -0.462 e. The summed E-state index contributed by atoms with van der Waals surface area (Å²) in [4.78, 5) is 24.7. The number of unbranched alkanes of at least 4 members (excludes halogenated alkanes) is 53. The van der Waals surface area contributed by atoms with Gasteiger partial charge >= 0.3 is 11.9 Å². The highest BCUT2D eigenvalue weighted by Crippen LogP contribution is 2.20. The summed E-state index contributed by atoms with van der Waals surface area (Å²) in [5, 5.41) is 9.72. The number of hydrogen-bond acceptors (Lipinski definition) is 5. The highest BCUT2D eigenvalue weighted by Gasteiger charge is 2.16. The maximum absolute atomic E-state index is 12.4. The van der Waals surface area contributed by atoms with E-state index in [1.165, 1.54) is 321 Å². The number of esters is 2. The molecule has 0 saturated carbocycles. The Balaban J connectivity index is 3.38. The monoisotopic (exact) mass is 1220 g/mol. The van der Waals surface area contributed by atoms with E-state index < -0.39 is 6.10 Å². The SMILES string of the molecule is CC/C=C\C/C=C\C/C=C\C/C=C\C/C=C\C/C=C\CCCCCCCCCCCCCCCCCCCCCCCCC(=O)OC(CO)COC(=O)CCCCCCCCCCCCCCCCCCCCCCCCCCCCCCCCCC. The lowest BCUT2D eigenvalue weighted by Gasteiger charge is -2.15. The van der Waals surface area contributed by atoms with Crippen molar-refractivity contribution in [3.63, 3.8) is 0 Å². The first kappa shape index (κ1) is 84.3. The summed E-state index contributed by atoms with van der Waals surface area (Å²) < 4.78 is 10.8. The standard InChI is InChI=1S/C82H150O5/c1-3-5-7-9-11-13-15-17-19-21-23-25-27-29-31-33-35-37-38-39-40-41-42-43-44-45-47-49-51-53-55-57-59-61-63-65-67-69-71-73-75-77-82(85)87-80(78-83)79-86-81(84)76-74-72-70-68-66-64-62-60-58-56-54-52-50-48-46-36-34-32-30-28-26-24-22-20-18-16-14-12-10-8-6-4-2/h5,7,11,13,17,19,23,25,29,31,35,37,80,83H,3-4,6,8-10,12,14-16,18,20-22,24,26-28,30,32-34,36,38-79H2,1-2H3/b7-5-,13-11-,19-17-,25-23-,31-29-,37-35-. The van der Waals surface area contributed by atoms with Crippen LogP contribution in [-0.2, 0) is 19.1 Å². The highest BCUT2D eigenvalue weighted by atomic mass is 16.6. The largest absolute Gasteiger partial charge is 0.462 e. The van der Waals surface area contributed by atoms with Crippen LogP contribution in [0, 0.1) is 0 Å². The molecule has 1 N–H and O–H groups in total. The topological polar surface area (TPSA) is 72.8 Å². The number of aliphatic hydroxyl groups is 1. The van der Waals surface area contributed by atoms with E-state index in [4.69, 9.17) is 9.47 Å². The maximum Gasteiger partial charge on any atom is 0.306 e. The van der Waals surface area contributed by atoms with Crippen molar-refractivity contribution < 1.29 is 24.2 Å². The molecule has 0 heterocycles. The van der Waals surface area contributed by atoms with Gasteiger partial charge in [0, 0.05) is 12.8 Å². The van der Waals surface area contributed by atoms with Gasteiger partial charge in [-0.1, -0.05) is 414 Å². The van der Waals surface area contributed by atoms with Crippen LogP contribution in [0.5, 0.6) is 0 Å². The zero-order valence-corrected chi connectivity index (χ0v) is 58.5. The molecule has 0 rings (SSSR count). The molecule has 5 nitrogen and oxygen atoms in total. The summed E-state index contributed by atoms with van der Waals surface area (Å²) in [6.07, 6.45) is 108. The van der Waals surface area contributed by atoms with E-state index in [-0.39, 0.29) is 25.2 Å². The lowest BCUT2D eigenvalue weighted by atomic mass is 10.0. The van der Waals surface area contributed by atoms with Gasteiger partial charge in [-0.25, -0.2) is 0 Å². The third-order valence-electron chi connectivity index (χ3n) is 17.8. The van der Waals surface area contributed by atoms with Gasteiger partial charge in [0.1, 0.15) is 6.61 Å². The van der Waals surface area contributed by atoms with Crippen LogP contribution in [0.25, 0.3) is 0 Å². The van der Waals surface area contributed by atoms with Gasteiger partial charge in [0.2, 0.25) is 0 Å². The number of carbonyl (C=O) groups is 2. The zero-order chi connectivity index (χ0) is 62.6. The summed E-state index contributed by atoms with van der Waals surface area (Å²) in [6, 6.07) is 0. The highest BCUT2D eigenvalue weighted by molar-refractivity contribution is 5.70. The molecule has 0 aliphatic heterocycles. The van der Waals surface area contributed by atoms with E-state index in [1.807, 2.05) is 0 Å². The van der Waals surface area contributed by atoms with Crippen LogP contribution in [0.15, 0.2) is 72.9 Å². The normalized spacial score (nSPS) is 12.5. The summed E-state index contributed by atoms with van der Waals surface area (Å²) in [5.41, 5.74) is 0. The lowest BCUT2D eigenvalue weighted by Crippen LogP contribution is -2.28. The van der Waals surface area contributed by atoms with E-state index in [0.717, 1.165) is 70.6 Å². The Bertz CT molecular complexity index is 1520. The Morgan fingerprint density at radius 2 is 0.494 bits per heavy atom. The molecule has 0 aliphatic carbocycles. The van der Waals surface area contributed by atoms with Crippen LogP contribution >= 0.6 is 0 Å². The maximum atomic E-state index is 12.4. The number of rotatable bonds is 73. The van der Waals surface area contributed by atoms with Crippen LogP contribution in [0.4, 0.5) is 0 Å². The van der Waals surface area contributed by atoms with Gasteiger partial charge in [-0.3, -0.25) is 9.59 Å². The van der Waals surface area contributed by atoms with E-state index in [9.17, 15) is 14.7 Å². The average molecular weight is 1220 g/mol. The van der Waals surface area contributed by atoms with E-state index in [0.29, 0.717) is 12.8 Å². The van der Waals surface area contributed by atoms with Crippen molar-refractivity contribution in [2.75, 3.05) is 13.2 Å². The fourth-order valence-electron chi connectivity index (χ4n) is 12.0. The van der Waals surface area contributed by atoms with Gasteiger partial charge in [0.05, 0.1) is 6.61 Å². The molecule has 0 fully saturated rings. The molecule has 0 aliphatic rings. The van der Waals surface area contributed by atoms with E-state index in [1.54, 1.807) is 0 Å². The molecule has 0 saturated heterocycles. The summed E-state index contributed by atoms with van der Waals surface area (Å²) in [5.74, 6) is -0.565. The molecule has 508 valence electrons. The van der Waals surface area contributed by atoms with E-state index in [2.05, 4.69) is 86.8 Å². The number of hydrogen-bond donors (Lipinski definition) is 1. The Labute approximate surface area is 544 Å². The molecule has 0 aromatic carbocycles. The van der Waals surface area contributed by atoms with E-state index >= 15 is 0 Å². The van der Waals surface area contributed by atoms with Gasteiger partial charge in [0.15, 0.2) is 6.10 Å². The van der Waals surface area contributed by atoms with Gasteiger partial charge < -0.3 is 14.6 Å². The second kappa shape index (κ2) is 77.6. The molecule has 0 amide bonds. The predicted molar refractivity (Wildman–Crippen MR) is 385 cm³/mol. The Morgan fingerprint density at radius 3 is 0.747 bits per heavy atom. The van der Waals surface area contributed by atoms with Crippen molar-refractivity contribution in [1.82, 2.24) is 0 Å². The minimum atomic E-state index is -0.771. The van der Waals surface area contributed by atoms with Crippen molar-refractivity contribution in [2.24, 2.45) is 0 Å². The first-order chi connectivity index (χ1) is 43.1. The van der Waals surface area contributed by atoms with Crippen LogP contribution in [-0.4, -0.2) is 36.4 Å². The van der Waals surface area contributed by atoms with Gasteiger partial charge in [-0.05, 0) is 64.2 Å². The third-order valence-corrected chi connectivity index (χ3v) is 17.8. The number of carbonyl (C=O) groups excluding carboxylic acids is 2. The van der Waals surface area contributed by atoms with Crippen LogP contribution in [0.3, 0.4) is 0 Å². The van der Waals surface area contributed by atoms with Gasteiger partial charge in [0.25, 0.3) is 0 Å². The molecule has 1 unspecified atom stereocenters. The van der Waals surface area contributed by atoms with Gasteiger partial charge in [-0.15, -0.1) is 0 Å². The number of aliphatic hydroxyl groups excluding tert-OH is 1. The van der Waals surface area contributed by atoms with Crippen molar-refractivity contribution in [3.8, 4) is 0 Å². The summed E-state index contributed by atoms with van der Waals surface area (Å²) in [7, 11) is 0.